The van der Waals surface area contributed by atoms with Crippen LogP contribution in [0.25, 0.3) is 0 Å². The highest BCUT2D eigenvalue weighted by atomic mass is 16.5. The van der Waals surface area contributed by atoms with Crippen LogP contribution in [0.5, 0.6) is 11.5 Å². The highest BCUT2D eigenvalue weighted by molar-refractivity contribution is 5.49. The third kappa shape index (κ3) is 2.13. The van der Waals surface area contributed by atoms with Gasteiger partial charge in [0.15, 0.2) is 11.5 Å². The van der Waals surface area contributed by atoms with Crippen LogP contribution in [0.4, 0.5) is 0 Å². The second-order valence-corrected chi connectivity index (χ2v) is 5.51. The molecule has 2 atom stereocenters. The Hall–Kier alpha value is -1.18. The average molecular weight is 234 g/mol. The standard InChI is InChI=1S/C15H22O2/c1-9(2)15-10(3)5-6-11-7-13(16)14(17-4)8-12(11)15/h7-10,15-16H,5-6H2,1-4H3. The number of phenolic OH excluding ortho intramolecular Hbond substituents is 1. The lowest BCUT2D eigenvalue weighted by Crippen LogP contribution is -2.22. The summed E-state index contributed by atoms with van der Waals surface area (Å²) in [4.78, 5) is 0. The maximum atomic E-state index is 9.83. The molecule has 0 saturated carbocycles. The number of ether oxygens (including phenoxy) is 1. The maximum Gasteiger partial charge on any atom is 0.160 e. The van der Waals surface area contributed by atoms with Crippen molar-refractivity contribution >= 4 is 0 Å². The second-order valence-electron chi connectivity index (χ2n) is 5.51. The first-order valence-corrected chi connectivity index (χ1v) is 6.44. The minimum Gasteiger partial charge on any atom is -0.504 e. The zero-order chi connectivity index (χ0) is 12.6. The predicted octanol–water partition coefficient (Wildman–Crippen LogP) is 3.72. The third-order valence-electron chi connectivity index (χ3n) is 4.00. The van der Waals surface area contributed by atoms with Crippen LogP contribution in [0.2, 0.25) is 0 Å². The molecular formula is C15H22O2. The minimum absolute atomic E-state index is 0.267. The first-order valence-electron chi connectivity index (χ1n) is 6.44. The number of hydrogen-bond acceptors (Lipinski definition) is 2. The number of hydrogen-bond donors (Lipinski definition) is 1. The van der Waals surface area contributed by atoms with Gasteiger partial charge in [0.2, 0.25) is 0 Å². The molecule has 0 spiro atoms. The van der Waals surface area contributed by atoms with Gasteiger partial charge in [-0.3, -0.25) is 0 Å². The van der Waals surface area contributed by atoms with E-state index in [4.69, 9.17) is 4.74 Å². The van der Waals surface area contributed by atoms with Crippen LogP contribution in [-0.2, 0) is 6.42 Å². The lowest BCUT2D eigenvalue weighted by molar-refractivity contribution is 0.321. The zero-order valence-electron chi connectivity index (χ0n) is 11.2. The fourth-order valence-electron chi connectivity index (χ4n) is 3.20. The molecule has 2 rings (SSSR count). The molecule has 0 aliphatic heterocycles. The first kappa shape index (κ1) is 12.3. The van der Waals surface area contributed by atoms with Gasteiger partial charge in [0, 0.05) is 0 Å². The molecule has 0 aromatic heterocycles. The van der Waals surface area contributed by atoms with Crippen molar-refractivity contribution in [2.45, 2.75) is 39.5 Å². The number of methoxy groups -OCH3 is 1. The molecule has 2 nitrogen and oxygen atoms in total. The number of rotatable bonds is 2. The Balaban J connectivity index is 2.50. The van der Waals surface area contributed by atoms with Gasteiger partial charge in [-0.15, -0.1) is 0 Å². The van der Waals surface area contributed by atoms with E-state index in [1.807, 2.05) is 12.1 Å². The molecule has 0 fully saturated rings. The number of aromatic hydroxyl groups is 1. The van der Waals surface area contributed by atoms with E-state index in [0.29, 0.717) is 23.5 Å². The summed E-state index contributed by atoms with van der Waals surface area (Å²) in [6.07, 6.45) is 2.28. The third-order valence-corrected chi connectivity index (χ3v) is 4.00. The zero-order valence-corrected chi connectivity index (χ0v) is 11.2. The summed E-state index contributed by atoms with van der Waals surface area (Å²) in [5.41, 5.74) is 2.66. The molecule has 17 heavy (non-hydrogen) atoms. The van der Waals surface area contributed by atoms with E-state index < -0.39 is 0 Å². The van der Waals surface area contributed by atoms with Crippen LogP contribution >= 0.6 is 0 Å². The van der Waals surface area contributed by atoms with Crippen molar-refractivity contribution in [2.24, 2.45) is 11.8 Å². The molecule has 0 amide bonds. The van der Waals surface area contributed by atoms with Crippen molar-refractivity contribution in [3.63, 3.8) is 0 Å². The van der Waals surface area contributed by atoms with Crippen molar-refractivity contribution < 1.29 is 9.84 Å². The van der Waals surface area contributed by atoms with Crippen molar-refractivity contribution in [3.05, 3.63) is 23.3 Å². The van der Waals surface area contributed by atoms with E-state index in [0.717, 1.165) is 6.42 Å². The average Bonchev–Trinajstić information content (AvgIpc) is 2.28. The van der Waals surface area contributed by atoms with Crippen LogP contribution in [0.15, 0.2) is 12.1 Å². The number of fused-ring (bicyclic) bond motifs is 1. The van der Waals surface area contributed by atoms with Gasteiger partial charge in [-0.25, -0.2) is 0 Å². The molecule has 1 N–H and O–H groups in total. The summed E-state index contributed by atoms with van der Waals surface area (Å²) in [6, 6.07) is 3.92. The Kier molecular flexibility index (Phi) is 3.32. The largest absolute Gasteiger partial charge is 0.504 e. The van der Waals surface area contributed by atoms with Gasteiger partial charge in [-0.1, -0.05) is 20.8 Å². The molecule has 2 unspecified atom stereocenters. The molecular weight excluding hydrogens is 212 g/mol. The molecule has 0 heterocycles. The summed E-state index contributed by atoms with van der Waals surface area (Å²) in [5.74, 6) is 2.77. The van der Waals surface area contributed by atoms with Crippen LogP contribution in [0.1, 0.15) is 44.2 Å². The van der Waals surface area contributed by atoms with Crippen molar-refractivity contribution in [3.8, 4) is 11.5 Å². The summed E-state index contributed by atoms with van der Waals surface area (Å²) < 4.78 is 5.22. The lowest BCUT2D eigenvalue weighted by Gasteiger charge is -2.34. The normalized spacial score (nSPS) is 23.6. The minimum atomic E-state index is 0.267. The van der Waals surface area contributed by atoms with E-state index in [1.165, 1.54) is 17.5 Å². The van der Waals surface area contributed by atoms with Gasteiger partial charge >= 0.3 is 0 Å². The quantitative estimate of drug-likeness (QED) is 0.845. The molecule has 2 heteroatoms. The van der Waals surface area contributed by atoms with Gasteiger partial charge in [-0.2, -0.15) is 0 Å². The topological polar surface area (TPSA) is 29.5 Å². The Morgan fingerprint density at radius 3 is 2.65 bits per heavy atom. The summed E-state index contributed by atoms with van der Waals surface area (Å²) in [5, 5.41) is 9.83. The Bertz CT molecular complexity index is 410. The molecule has 0 saturated heterocycles. The van der Waals surface area contributed by atoms with Crippen molar-refractivity contribution in [1.29, 1.82) is 0 Å². The monoisotopic (exact) mass is 234 g/mol. The maximum absolute atomic E-state index is 9.83. The number of benzene rings is 1. The fraction of sp³-hybridized carbons (Fsp3) is 0.600. The van der Waals surface area contributed by atoms with Gasteiger partial charge in [-0.05, 0) is 53.9 Å². The molecule has 1 aliphatic rings. The molecule has 1 aromatic carbocycles. The van der Waals surface area contributed by atoms with Gasteiger partial charge in [0.25, 0.3) is 0 Å². The van der Waals surface area contributed by atoms with E-state index in [1.54, 1.807) is 7.11 Å². The number of phenols is 1. The highest BCUT2D eigenvalue weighted by Crippen LogP contribution is 2.44. The number of aryl methyl sites for hydroxylation is 1. The fourth-order valence-corrected chi connectivity index (χ4v) is 3.20. The van der Waals surface area contributed by atoms with Gasteiger partial charge in [0.05, 0.1) is 7.11 Å². The predicted molar refractivity (Wildman–Crippen MR) is 69.7 cm³/mol. The summed E-state index contributed by atoms with van der Waals surface area (Å²) in [7, 11) is 1.61. The second kappa shape index (κ2) is 4.59. The molecule has 94 valence electrons. The summed E-state index contributed by atoms with van der Waals surface area (Å²) >= 11 is 0. The Morgan fingerprint density at radius 1 is 1.35 bits per heavy atom. The molecule has 0 bridgehead atoms. The van der Waals surface area contributed by atoms with E-state index >= 15 is 0 Å². The van der Waals surface area contributed by atoms with Crippen LogP contribution in [0.3, 0.4) is 0 Å². The lowest BCUT2D eigenvalue weighted by atomic mass is 9.71. The summed E-state index contributed by atoms with van der Waals surface area (Å²) in [6.45, 7) is 6.87. The first-order chi connectivity index (χ1) is 8.04. The Labute approximate surface area is 104 Å². The highest BCUT2D eigenvalue weighted by Gasteiger charge is 2.30. The molecule has 1 aliphatic carbocycles. The van der Waals surface area contributed by atoms with Crippen LogP contribution in [-0.4, -0.2) is 12.2 Å². The van der Waals surface area contributed by atoms with Crippen molar-refractivity contribution in [2.75, 3.05) is 7.11 Å². The van der Waals surface area contributed by atoms with Crippen LogP contribution in [0, 0.1) is 11.8 Å². The molecule has 0 radical (unpaired) electrons. The SMILES string of the molecule is COc1cc2c(cc1O)CCC(C)C2C(C)C. The Morgan fingerprint density at radius 2 is 2.06 bits per heavy atom. The van der Waals surface area contributed by atoms with E-state index in [2.05, 4.69) is 20.8 Å². The van der Waals surface area contributed by atoms with Crippen molar-refractivity contribution in [1.82, 2.24) is 0 Å². The van der Waals surface area contributed by atoms with E-state index in [9.17, 15) is 5.11 Å². The van der Waals surface area contributed by atoms with Gasteiger partial charge in [0.1, 0.15) is 0 Å². The van der Waals surface area contributed by atoms with Gasteiger partial charge < -0.3 is 9.84 Å². The smallest absolute Gasteiger partial charge is 0.160 e. The van der Waals surface area contributed by atoms with E-state index in [-0.39, 0.29) is 5.75 Å². The molecule has 1 aromatic rings. The van der Waals surface area contributed by atoms with Crippen LogP contribution < -0.4 is 4.74 Å².